The fraction of sp³-hybridized carbons (Fsp3) is 0.692. The second-order valence-electron chi connectivity index (χ2n) is 4.75. The van der Waals surface area contributed by atoms with Gasteiger partial charge in [0.05, 0.1) is 19.3 Å². The van der Waals surface area contributed by atoms with Gasteiger partial charge in [0.25, 0.3) is 0 Å². The van der Waals surface area contributed by atoms with Crippen LogP contribution in [0, 0.1) is 0 Å². The highest BCUT2D eigenvalue weighted by Crippen LogP contribution is 2.11. The smallest absolute Gasteiger partial charge is 0.218 e. The summed E-state index contributed by atoms with van der Waals surface area (Å²) in [6.07, 6.45) is 1.60. The van der Waals surface area contributed by atoms with Gasteiger partial charge >= 0.3 is 0 Å². The number of rotatable bonds is 9. The zero-order valence-electron chi connectivity index (χ0n) is 12.2. The third-order valence-electron chi connectivity index (χ3n) is 2.23. The van der Waals surface area contributed by atoms with Crippen LogP contribution in [-0.2, 0) is 4.74 Å². The van der Waals surface area contributed by atoms with Crippen molar-refractivity contribution in [2.45, 2.75) is 20.0 Å². The van der Waals surface area contributed by atoms with Crippen molar-refractivity contribution >= 4 is 5.82 Å². The highest BCUT2D eigenvalue weighted by molar-refractivity contribution is 5.36. The molecule has 0 aliphatic rings. The van der Waals surface area contributed by atoms with Gasteiger partial charge in [-0.25, -0.2) is 9.97 Å². The van der Waals surface area contributed by atoms with E-state index in [1.807, 2.05) is 27.9 Å². The lowest BCUT2D eigenvalue weighted by Gasteiger charge is -2.11. The molecular weight excluding hydrogens is 244 g/mol. The maximum absolute atomic E-state index is 5.50. The Labute approximate surface area is 115 Å². The second-order valence-corrected chi connectivity index (χ2v) is 4.75. The van der Waals surface area contributed by atoms with Crippen LogP contribution in [0.5, 0.6) is 5.88 Å². The molecule has 0 aliphatic carbocycles. The first-order valence-corrected chi connectivity index (χ1v) is 6.53. The Bertz CT molecular complexity index is 358. The lowest BCUT2D eigenvalue weighted by atomic mass is 10.4. The predicted molar refractivity (Wildman–Crippen MR) is 75.7 cm³/mol. The molecule has 0 amide bonds. The Morgan fingerprint density at radius 1 is 1.26 bits per heavy atom. The van der Waals surface area contributed by atoms with Gasteiger partial charge in [0.1, 0.15) is 12.1 Å². The van der Waals surface area contributed by atoms with Crippen molar-refractivity contribution in [1.82, 2.24) is 14.9 Å². The minimum absolute atomic E-state index is 0.108. The summed E-state index contributed by atoms with van der Waals surface area (Å²) < 4.78 is 11.0. The molecule has 1 heterocycles. The molecule has 0 saturated heterocycles. The van der Waals surface area contributed by atoms with Gasteiger partial charge in [-0.1, -0.05) is 0 Å². The highest BCUT2D eigenvalue weighted by Gasteiger charge is 2.01. The number of hydrogen-bond donors (Lipinski definition) is 1. The maximum atomic E-state index is 5.50. The fourth-order valence-corrected chi connectivity index (χ4v) is 1.34. The molecule has 1 aromatic rings. The monoisotopic (exact) mass is 268 g/mol. The van der Waals surface area contributed by atoms with E-state index in [1.54, 1.807) is 6.07 Å². The third kappa shape index (κ3) is 7.58. The summed E-state index contributed by atoms with van der Waals surface area (Å²) in [5.74, 6) is 1.34. The van der Waals surface area contributed by atoms with Crippen LogP contribution in [0.4, 0.5) is 5.82 Å². The predicted octanol–water partition coefficient (Wildman–Crippen LogP) is 1.25. The first-order valence-electron chi connectivity index (χ1n) is 6.53. The maximum Gasteiger partial charge on any atom is 0.218 e. The van der Waals surface area contributed by atoms with Crippen LogP contribution in [-0.4, -0.2) is 61.4 Å². The van der Waals surface area contributed by atoms with Crippen molar-refractivity contribution in [3.63, 3.8) is 0 Å². The van der Waals surface area contributed by atoms with Gasteiger partial charge in [0.2, 0.25) is 5.88 Å². The molecule has 0 spiro atoms. The zero-order valence-corrected chi connectivity index (χ0v) is 12.2. The van der Waals surface area contributed by atoms with E-state index in [-0.39, 0.29) is 6.10 Å². The number of nitrogens with one attached hydrogen (secondary N) is 1. The van der Waals surface area contributed by atoms with Gasteiger partial charge in [0.15, 0.2) is 0 Å². The fourth-order valence-electron chi connectivity index (χ4n) is 1.34. The van der Waals surface area contributed by atoms with Crippen LogP contribution >= 0.6 is 0 Å². The van der Waals surface area contributed by atoms with Crippen molar-refractivity contribution in [3.8, 4) is 5.88 Å². The first-order chi connectivity index (χ1) is 9.08. The standard InChI is InChI=1S/C13H24N4O2/c1-11(2)19-13-9-12(15-10-16-13)14-5-7-18-8-6-17(3)4/h9-11H,5-8H2,1-4H3,(H,14,15,16). The Morgan fingerprint density at radius 3 is 2.74 bits per heavy atom. The lowest BCUT2D eigenvalue weighted by Crippen LogP contribution is -2.20. The molecule has 0 radical (unpaired) electrons. The Hall–Kier alpha value is -1.40. The SMILES string of the molecule is CC(C)Oc1cc(NCCOCCN(C)C)ncn1. The topological polar surface area (TPSA) is 59.5 Å². The summed E-state index contributed by atoms with van der Waals surface area (Å²) in [5, 5.41) is 3.18. The summed E-state index contributed by atoms with van der Waals surface area (Å²) in [6.45, 7) is 6.96. The van der Waals surface area contributed by atoms with E-state index in [0.717, 1.165) is 19.0 Å². The number of aromatic nitrogens is 2. The Balaban J connectivity index is 2.22. The van der Waals surface area contributed by atoms with Crippen molar-refractivity contribution in [2.24, 2.45) is 0 Å². The molecular formula is C13H24N4O2. The van der Waals surface area contributed by atoms with Gasteiger partial charge in [-0.15, -0.1) is 0 Å². The first kappa shape index (κ1) is 15.7. The molecule has 6 heteroatoms. The van der Waals surface area contributed by atoms with Crippen LogP contribution in [0.15, 0.2) is 12.4 Å². The second kappa shape index (κ2) is 8.66. The summed E-state index contributed by atoms with van der Waals surface area (Å²) in [7, 11) is 4.05. The summed E-state index contributed by atoms with van der Waals surface area (Å²) in [5.41, 5.74) is 0. The number of likely N-dealkylation sites (N-methyl/N-ethyl adjacent to an activating group) is 1. The van der Waals surface area contributed by atoms with E-state index in [2.05, 4.69) is 20.2 Å². The molecule has 1 N–H and O–H groups in total. The number of nitrogens with zero attached hydrogens (tertiary/aromatic N) is 3. The molecule has 1 aromatic heterocycles. The molecule has 0 bridgehead atoms. The molecule has 19 heavy (non-hydrogen) atoms. The van der Waals surface area contributed by atoms with Gasteiger partial charge < -0.3 is 19.7 Å². The molecule has 108 valence electrons. The minimum Gasteiger partial charge on any atom is -0.475 e. The number of hydrogen-bond acceptors (Lipinski definition) is 6. The minimum atomic E-state index is 0.108. The van der Waals surface area contributed by atoms with E-state index in [0.29, 0.717) is 19.0 Å². The molecule has 0 aliphatic heterocycles. The number of anilines is 1. The molecule has 6 nitrogen and oxygen atoms in total. The average molecular weight is 268 g/mol. The van der Waals surface area contributed by atoms with E-state index in [9.17, 15) is 0 Å². The van der Waals surface area contributed by atoms with Crippen LogP contribution in [0.25, 0.3) is 0 Å². The van der Waals surface area contributed by atoms with Crippen LogP contribution in [0.1, 0.15) is 13.8 Å². The summed E-state index contributed by atoms with van der Waals surface area (Å²) >= 11 is 0. The molecule has 0 fully saturated rings. The van der Waals surface area contributed by atoms with Crippen LogP contribution in [0.2, 0.25) is 0 Å². The average Bonchev–Trinajstić information content (AvgIpc) is 2.33. The zero-order chi connectivity index (χ0) is 14.1. The Kier molecular flexibility index (Phi) is 7.14. The van der Waals surface area contributed by atoms with Crippen LogP contribution < -0.4 is 10.1 Å². The number of ether oxygens (including phenoxy) is 2. The van der Waals surface area contributed by atoms with E-state index in [4.69, 9.17) is 9.47 Å². The third-order valence-corrected chi connectivity index (χ3v) is 2.23. The highest BCUT2D eigenvalue weighted by atomic mass is 16.5. The van der Waals surface area contributed by atoms with E-state index in [1.165, 1.54) is 6.33 Å². The normalized spacial score (nSPS) is 11.1. The quantitative estimate of drug-likeness (QED) is 0.680. The van der Waals surface area contributed by atoms with Crippen molar-refractivity contribution < 1.29 is 9.47 Å². The molecule has 1 rings (SSSR count). The summed E-state index contributed by atoms with van der Waals surface area (Å²) in [4.78, 5) is 10.3. The van der Waals surface area contributed by atoms with Gasteiger partial charge in [-0.05, 0) is 27.9 Å². The van der Waals surface area contributed by atoms with Crippen molar-refractivity contribution in [2.75, 3.05) is 45.7 Å². The van der Waals surface area contributed by atoms with Gasteiger partial charge in [0, 0.05) is 19.2 Å². The van der Waals surface area contributed by atoms with Gasteiger partial charge in [-0.3, -0.25) is 0 Å². The van der Waals surface area contributed by atoms with E-state index >= 15 is 0 Å². The lowest BCUT2D eigenvalue weighted by molar-refractivity contribution is 0.126. The van der Waals surface area contributed by atoms with Crippen molar-refractivity contribution in [1.29, 1.82) is 0 Å². The van der Waals surface area contributed by atoms with E-state index < -0.39 is 0 Å². The summed E-state index contributed by atoms with van der Waals surface area (Å²) in [6, 6.07) is 1.79. The molecule has 0 saturated carbocycles. The Morgan fingerprint density at radius 2 is 2.05 bits per heavy atom. The molecule has 0 aromatic carbocycles. The van der Waals surface area contributed by atoms with Crippen molar-refractivity contribution in [3.05, 3.63) is 12.4 Å². The van der Waals surface area contributed by atoms with Crippen LogP contribution in [0.3, 0.4) is 0 Å². The van der Waals surface area contributed by atoms with Gasteiger partial charge in [-0.2, -0.15) is 0 Å². The molecule has 0 unspecified atom stereocenters. The molecule has 0 atom stereocenters. The largest absolute Gasteiger partial charge is 0.475 e.